The van der Waals surface area contributed by atoms with Gasteiger partial charge in [0.1, 0.15) is 0 Å². The highest BCUT2D eigenvalue weighted by Crippen LogP contribution is 2.49. The van der Waals surface area contributed by atoms with Gasteiger partial charge in [-0.25, -0.2) is 0 Å². The fourth-order valence-corrected chi connectivity index (χ4v) is 2.57. The van der Waals surface area contributed by atoms with E-state index in [0.717, 1.165) is 17.8 Å². The first-order valence-corrected chi connectivity index (χ1v) is 4.04. The van der Waals surface area contributed by atoms with Gasteiger partial charge in [0.2, 0.25) is 0 Å². The van der Waals surface area contributed by atoms with Crippen LogP contribution in [0, 0.1) is 17.8 Å². The summed E-state index contributed by atoms with van der Waals surface area (Å²) in [5.74, 6) is 2.86. The van der Waals surface area contributed by atoms with E-state index >= 15 is 0 Å². The molecular weight excluding hydrogens is 110 g/mol. The molecular formula is C8H15N. The van der Waals surface area contributed by atoms with Gasteiger partial charge in [0, 0.05) is 6.04 Å². The Morgan fingerprint density at radius 3 is 2.11 bits per heavy atom. The number of hydrogen-bond donors (Lipinski definition) is 1. The average molecular weight is 125 g/mol. The Morgan fingerprint density at radius 1 is 1.22 bits per heavy atom. The molecule has 1 heteroatoms. The van der Waals surface area contributed by atoms with Crippen LogP contribution in [-0.4, -0.2) is 6.04 Å². The predicted octanol–water partition coefficient (Wildman–Crippen LogP) is 1.38. The summed E-state index contributed by atoms with van der Waals surface area (Å²) >= 11 is 0. The van der Waals surface area contributed by atoms with Gasteiger partial charge >= 0.3 is 0 Å². The van der Waals surface area contributed by atoms with Gasteiger partial charge in [-0.05, 0) is 37.0 Å². The van der Waals surface area contributed by atoms with Crippen molar-refractivity contribution >= 4 is 0 Å². The van der Waals surface area contributed by atoms with E-state index in [1.54, 1.807) is 0 Å². The highest BCUT2D eigenvalue weighted by molar-refractivity contribution is 4.97. The van der Waals surface area contributed by atoms with Gasteiger partial charge in [-0.15, -0.1) is 0 Å². The molecule has 2 rings (SSSR count). The van der Waals surface area contributed by atoms with Crippen molar-refractivity contribution in [2.75, 3.05) is 0 Å². The van der Waals surface area contributed by atoms with Crippen molar-refractivity contribution in [3.63, 3.8) is 0 Å². The van der Waals surface area contributed by atoms with Crippen molar-refractivity contribution in [2.24, 2.45) is 23.5 Å². The third-order valence-electron chi connectivity index (χ3n) is 3.31. The SMILES string of the molecule is CC1CC(N)C2CCC12. The first-order chi connectivity index (χ1) is 4.29. The maximum absolute atomic E-state index is 5.91. The second kappa shape index (κ2) is 1.72. The summed E-state index contributed by atoms with van der Waals surface area (Å²) in [4.78, 5) is 0. The molecule has 0 aromatic heterocycles. The maximum atomic E-state index is 5.91. The number of nitrogens with two attached hydrogens (primary N) is 1. The van der Waals surface area contributed by atoms with Crippen LogP contribution < -0.4 is 5.73 Å². The standard InChI is InChI=1S/C8H15N/c1-5-4-8(9)7-3-2-6(5)7/h5-8H,2-4,9H2,1H3. The molecule has 4 atom stereocenters. The summed E-state index contributed by atoms with van der Waals surface area (Å²) in [6.45, 7) is 2.35. The predicted molar refractivity (Wildman–Crippen MR) is 38.0 cm³/mol. The third-order valence-corrected chi connectivity index (χ3v) is 3.31. The van der Waals surface area contributed by atoms with Crippen molar-refractivity contribution in [3.8, 4) is 0 Å². The van der Waals surface area contributed by atoms with E-state index in [-0.39, 0.29) is 0 Å². The largest absolute Gasteiger partial charge is 0.327 e. The van der Waals surface area contributed by atoms with Gasteiger partial charge in [-0.3, -0.25) is 0 Å². The van der Waals surface area contributed by atoms with Crippen LogP contribution in [0.4, 0.5) is 0 Å². The Bertz CT molecular complexity index is 108. The third kappa shape index (κ3) is 0.644. The molecule has 4 unspecified atom stereocenters. The summed E-state index contributed by atoms with van der Waals surface area (Å²) in [7, 11) is 0. The molecule has 2 aliphatic carbocycles. The molecule has 0 radical (unpaired) electrons. The Balaban J connectivity index is 2.08. The molecule has 52 valence electrons. The van der Waals surface area contributed by atoms with Crippen LogP contribution in [0.2, 0.25) is 0 Å². The van der Waals surface area contributed by atoms with E-state index in [4.69, 9.17) is 5.73 Å². The molecule has 0 aromatic carbocycles. The minimum atomic E-state index is 0.554. The molecule has 0 aliphatic heterocycles. The lowest BCUT2D eigenvalue weighted by molar-refractivity contribution is 0.170. The second-order valence-electron chi connectivity index (χ2n) is 3.78. The summed E-state index contributed by atoms with van der Waals surface area (Å²) in [6, 6.07) is 0.554. The summed E-state index contributed by atoms with van der Waals surface area (Å²) in [6.07, 6.45) is 4.16. The fourth-order valence-electron chi connectivity index (χ4n) is 2.57. The molecule has 0 saturated heterocycles. The zero-order valence-corrected chi connectivity index (χ0v) is 6.01. The van der Waals surface area contributed by atoms with Crippen molar-refractivity contribution in [2.45, 2.75) is 32.2 Å². The zero-order chi connectivity index (χ0) is 6.43. The van der Waals surface area contributed by atoms with Crippen LogP contribution in [0.15, 0.2) is 0 Å². The molecule has 2 saturated carbocycles. The van der Waals surface area contributed by atoms with E-state index in [1.807, 2.05) is 0 Å². The van der Waals surface area contributed by atoms with Crippen LogP contribution in [0.1, 0.15) is 26.2 Å². The van der Waals surface area contributed by atoms with Crippen LogP contribution in [0.25, 0.3) is 0 Å². The lowest BCUT2D eigenvalue weighted by Crippen LogP contribution is -2.34. The molecule has 1 nitrogen and oxygen atoms in total. The topological polar surface area (TPSA) is 26.0 Å². The van der Waals surface area contributed by atoms with Crippen LogP contribution >= 0.6 is 0 Å². The minimum Gasteiger partial charge on any atom is -0.327 e. The number of hydrogen-bond acceptors (Lipinski definition) is 1. The molecule has 0 bridgehead atoms. The van der Waals surface area contributed by atoms with E-state index in [2.05, 4.69) is 6.92 Å². The van der Waals surface area contributed by atoms with E-state index in [0.29, 0.717) is 6.04 Å². The van der Waals surface area contributed by atoms with Crippen LogP contribution in [-0.2, 0) is 0 Å². The van der Waals surface area contributed by atoms with E-state index < -0.39 is 0 Å². The smallest absolute Gasteiger partial charge is 0.00725 e. The molecule has 0 aromatic rings. The van der Waals surface area contributed by atoms with Crippen LogP contribution in [0.5, 0.6) is 0 Å². The first kappa shape index (κ1) is 5.72. The van der Waals surface area contributed by atoms with Crippen molar-refractivity contribution in [1.82, 2.24) is 0 Å². The molecule has 2 N–H and O–H groups in total. The van der Waals surface area contributed by atoms with Gasteiger partial charge in [0.05, 0.1) is 0 Å². The number of fused-ring (bicyclic) bond motifs is 1. The molecule has 0 heterocycles. The maximum Gasteiger partial charge on any atom is 0.00725 e. The normalized spacial score (nSPS) is 56.7. The number of rotatable bonds is 0. The minimum absolute atomic E-state index is 0.554. The molecule has 2 fully saturated rings. The summed E-state index contributed by atoms with van der Waals surface area (Å²) in [5.41, 5.74) is 5.91. The second-order valence-corrected chi connectivity index (χ2v) is 3.78. The Hall–Kier alpha value is -0.0400. The molecule has 0 amide bonds. The van der Waals surface area contributed by atoms with Crippen LogP contribution in [0.3, 0.4) is 0 Å². The summed E-state index contributed by atoms with van der Waals surface area (Å²) < 4.78 is 0. The van der Waals surface area contributed by atoms with Crippen molar-refractivity contribution < 1.29 is 0 Å². The van der Waals surface area contributed by atoms with Gasteiger partial charge in [0.25, 0.3) is 0 Å². The Morgan fingerprint density at radius 2 is 1.89 bits per heavy atom. The van der Waals surface area contributed by atoms with E-state index in [1.165, 1.54) is 19.3 Å². The van der Waals surface area contributed by atoms with Gasteiger partial charge in [0.15, 0.2) is 0 Å². The Kier molecular flexibility index (Phi) is 1.10. The quantitative estimate of drug-likeness (QED) is 0.520. The lowest BCUT2D eigenvalue weighted by Gasteiger charge is -2.34. The van der Waals surface area contributed by atoms with E-state index in [9.17, 15) is 0 Å². The van der Waals surface area contributed by atoms with Gasteiger partial charge in [-0.1, -0.05) is 6.92 Å². The fraction of sp³-hybridized carbons (Fsp3) is 1.00. The van der Waals surface area contributed by atoms with Gasteiger partial charge < -0.3 is 5.73 Å². The average Bonchev–Trinajstić information content (AvgIpc) is 1.73. The molecule has 9 heavy (non-hydrogen) atoms. The molecule has 0 spiro atoms. The highest BCUT2D eigenvalue weighted by Gasteiger charge is 2.44. The Labute approximate surface area is 56.6 Å². The molecule has 2 aliphatic rings. The summed E-state index contributed by atoms with van der Waals surface area (Å²) in [5, 5.41) is 0. The lowest BCUT2D eigenvalue weighted by atomic mass is 9.72. The monoisotopic (exact) mass is 125 g/mol. The first-order valence-electron chi connectivity index (χ1n) is 4.04. The van der Waals surface area contributed by atoms with Crippen molar-refractivity contribution in [1.29, 1.82) is 0 Å². The van der Waals surface area contributed by atoms with Crippen molar-refractivity contribution in [3.05, 3.63) is 0 Å². The van der Waals surface area contributed by atoms with Gasteiger partial charge in [-0.2, -0.15) is 0 Å². The zero-order valence-electron chi connectivity index (χ0n) is 6.01. The highest BCUT2D eigenvalue weighted by atomic mass is 14.7.